The molecule has 1 nitrogen and oxygen atoms in total. The number of aromatic nitrogens is 1. The SMILES string of the molecule is SCc1sc(Cc2ccc(Cl)cc2)nc1C1CC1. The van der Waals surface area contributed by atoms with Crippen molar-refractivity contribution in [2.24, 2.45) is 0 Å². The van der Waals surface area contributed by atoms with Crippen LogP contribution in [0.5, 0.6) is 0 Å². The van der Waals surface area contributed by atoms with E-state index in [1.807, 2.05) is 12.1 Å². The minimum Gasteiger partial charge on any atom is -0.245 e. The van der Waals surface area contributed by atoms with Crippen molar-refractivity contribution in [2.45, 2.75) is 30.9 Å². The Morgan fingerprint density at radius 1 is 1.28 bits per heavy atom. The van der Waals surface area contributed by atoms with E-state index in [4.69, 9.17) is 16.6 Å². The first-order valence-corrected chi connectivity index (χ1v) is 7.92. The zero-order chi connectivity index (χ0) is 12.5. The molecule has 18 heavy (non-hydrogen) atoms. The van der Waals surface area contributed by atoms with Crippen LogP contribution in [0, 0.1) is 0 Å². The molecule has 2 aromatic rings. The zero-order valence-corrected chi connectivity index (χ0v) is 12.4. The lowest BCUT2D eigenvalue weighted by atomic mass is 10.2. The number of nitrogens with zero attached hydrogens (tertiary/aromatic N) is 1. The molecule has 0 unspecified atom stereocenters. The Kier molecular flexibility index (Phi) is 3.64. The number of benzene rings is 1. The predicted octanol–water partition coefficient (Wildman–Crippen LogP) is 4.69. The fourth-order valence-electron chi connectivity index (χ4n) is 2.06. The van der Waals surface area contributed by atoms with Crippen LogP contribution in [-0.4, -0.2) is 4.98 Å². The van der Waals surface area contributed by atoms with Gasteiger partial charge in [-0.05, 0) is 30.5 Å². The maximum absolute atomic E-state index is 5.89. The molecule has 94 valence electrons. The molecule has 1 aromatic carbocycles. The molecule has 3 rings (SSSR count). The highest BCUT2D eigenvalue weighted by molar-refractivity contribution is 7.79. The van der Waals surface area contributed by atoms with Gasteiger partial charge in [-0.15, -0.1) is 11.3 Å². The second-order valence-corrected chi connectivity index (χ2v) is 6.57. The molecule has 0 aliphatic heterocycles. The third-order valence-corrected chi connectivity index (χ3v) is 5.00. The predicted molar refractivity (Wildman–Crippen MR) is 81.0 cm³/mol. The molecule has 1 heterocycles. The fraction of sp³-hybridized carbons (Fsp3) is 0.357. The quantitative estimate of drug-likeness (QED) is 0.807. The summed E-state index contributed by atoms with van der Waals surface area (Å²) in [4.78, 5) is 6.15. The first-order chi connectivity index (χ1) is 8.76. The van der Waals surface area contributed by atoms with Gasteiger partial charge in [0.1, 0.15) is 0 Å². The van der Waals surface area contributed by atoms with Gasteiger partial charge in [0.25, 0.3) is 0 Å². The van der Waals surface area contributed by atoms with Gasteiger partial charge in [-0.25, -0.2) is 4.98 Å². The van der Waals surface area contributed by atoms with Crippen molar-refractivity contribution in [3.63, 3.8) is 0 Å². The van der Waals surface area contributed by atoms with Gasteiger partial charge in [0, 0.05) is 28.0 Å². The van der Waals surface area contributed by atoms with Crippen LogP contribution < -0.4 is 0 Å². The number of halogens is 1. The van der Waals surface area contributed by atoms with E-state index >= 15 is 0 Å². The van der Waals surface area contributed by atoms with E-state index in [-0.39, 0.29) is 0 Å². The van der Waals surface area contributed by atoms with Crippen LogP contribution in [0.25, 0.3) is 0 Å². The summed E-state index contributed by atoms with van der Waals surface area (Å²) in [6.07, 6.45) is 3.49. The summed E-state index contributed by atoms with van der Waals surface area (Å²) in [6.45, 7) is 0. The van der Waals surface area contributed by atoms with Crippen molar-refractivity contribution in [3.8, 4) is 0 Å². The van der Waals surface area contributed by atoms with Crippen molar-refractivity contribution >= 4 is 35.6 Å². The number of hydrogen-bond acceptors (Lipinski definition) is 3. The van der Waals surface area contributed by atoms with Crippen LogP contribution in [0.3, 0.4) is 0 Å². The highest BCUT2D eigenvalue weighted by atomic mass is 35.5. The van der Waals surface area contributed by atoms with Crippen LogP contribution in [-0.2, 0) is 12.2 Å². The molecule has 0 amide bonds. The Morgan fingerprint density at radius 3 is 2.61 bits per heavy atom. The largest absolute Gasteiger partial charge is 0.245 e. The van der Waals surface area contributed by atoms with E-state index in [2.05, 4.69) is 24.8 Å². The topological polar surface area (TPSA) is 12.9 Å². The number of hydrogen-bond donors (Lipinski definition) is 1. The molecular weight excluding hydrogens is 282 g/mol. The minimum atomic E-state index is 0.711. The molecule has 0 bridgehead atoms. The standard InChI is InChI=1S/C14H14ClNS2/c15-11-5-1-9(2-6-11)7-13-16-14(10-3-4-10)12(8-17)18-13/h1-2,5-6,10,17H,3-4,7-8H2. The third kappa shape index (κ3) is 2.73. The molecule has 0 atom stereocenters. The van der Waals surface area contributed by atoms with Gasteiger partial charge >= 0.3 is 0 Å². The third-order valence-electron chi connectivity index (χ3n) is 3.15. The second-order valence-electron chi connectivity index (χ2n) is 4.65. The molecule has 1 aliphatic rings. The van der Waals surface area contributed by atoms with Crippen molar-refractivity contribution < 1.29 is 0 Å². The van der Waals surface area contributed by atoms with Crippen LogP contribution in [0.4, 0.5) is 0 Å². The lowest BCUT2D eigenvalue weighted by molar-refractivity contribution is 0.992. The summed E-state index contributed by atoms with van der Waals surface area (Å²) in [7, 11) is 0. The van der Waals surface area contributed by atoms with Gasteiger partial charge < -0.3 is 0 Å². The lowest BCUT2D eigenvalue weighted by Crippen LogP contribution is -1.88. The first-order valence-electron chi connectivity index (χ1n) is 6.10. The Balaban J connectivity index is 1.81. The van der Waals surface area contributed by atoms with Crippen LogP contribution in [0.2, 0.25) is 5.02 Å². The maximum atomic E-state index is 5.89. The molecular formula is C14H14ClNS2. The fourth-order valence-corrected chi connectivity index (χ4v) is 3.59. The van der Waals surface area contributed by atoms with Crippen molar-refractivity contribution in [3.05, 3.63) is 50.4 Å². The van der Waals surface area contributed by atoms with E-state index in [9.17, 15) is 0 Å². The summed E-state index contributed by atoms with van der Waals surface area (Å²) in [5, 5.41) is 1.98. The number of thiazole rings is 1. The molecule has 0 spiro atoms. The highest BCUT2D eigenvalue weighted by Gasteiger charge is 2.29. The van der Waals surface area contributed by atoms with Crippen LogP contribution in [0.1, 0.15) is 39.9 Å². The first kappa shape index (κ1) is 12.5. The summed E-state index contributed by atoms with van der Waals surface area (Å²) in [5.74, 6) is 1.52. The number of rotatable bonds is 4. The van der Waals surface area contributed by atoms with Crippen molar-refractivity contribution in [1.82, 2.24) is 4.98 Å². The van der Waals surface area contributed by atoms with Crippen molar-refractivity contribution in [1.29, 1.82) is 0 Å². The Morgan fingerprint density at radius 2 is 2.00 bits per heavy atom. The minimum absolute atomic E-state index is 0.711. The zero-order valence-electron chi connectivity index (χ0n) is 9.90. The van der Waals surface area contributed by atoms with E-state index < -0.39 is 0 Å². The summed E-state index contributed by atoms with van der Waals surface area (Å²) >= 11 is 12.1. The van der Waals surface area contributed by atoms with Crippen LogP contribution >= 0.6 is 35.6 Å². The molecule has 0 saturated heterocycles. The van der Waals surface area contributed by atoms with Crippen molar-refractivity contribution in [2.75, 3.05) is 0 Å². The van der Waals surface area contributed by atoms with Gasteiger partial charge in [0.2, 0.25) is 0 Å². The maximum Gasteiger partial charge on any atom is 0.0975 e. The Hall–Kier alpha value is -0.510. The van der Waals surface area contributed by atoms with Gasteiger partial charge in [0.05, 0.1) is 10.7 Å². The second kappa shape index (κ2) is 5.24. The monoisotopic (exact) mass is 295 g/mol. The molecule has 1 saturated carbocycles. The lowest BCUT2D eigenvalue weighted by Gasteiger charge is -1.97. The van der Waals surface area contributed by atoms with E-state index in [0.29, 0.717) is 5.92 Å². The summed E-state index contributed by atoms with van der Waals surface area (Å²) in [5.41, 5.74) is 2.57. The average molecular weight is 296 g/mol. The van der Waals surface area contributed by atoms with E-state index in [1.54, 1.807) is 11.3 Å². The van der Waals surface area contributed by atoms with Crippen LogP contribution in [0.15, 0.2) is 24.3 Å². The van der Waals surface area contributed by atoms with E-state index in [1.165, 1.54) is 34.0 Å². The molecule has 1 aromatic heterocycles. The average Bonchev–Trinajstić information content (AvgIpc) is 3.14. The van der Waals surface area contributed by atoms with Gasteiger partial charge in [-0.3, -0.25) is 0 Å². The molecule has 1 aliphatic carbocycles. The molecule has 1 fully saturated rings. The van der Waals surface area contributed by atoms with E-state index in [0.717, 1.165) is 17.2 Å². The highest BCUT2D eigenvalue weighted by Crippen LogP contribution is 2.43. The van der Waals surface area contributed by atoms with Gasteiger partial charge in [-0.2, -0.15) is 12.6 Å². The Bertz CT molecular complexity index is 543. The Labute approximate surface area is 122 Å². The number of thiol groups is 1. The smallest absolute Gasteiger partial charge is 0.0975 e. The molecule has 4 heteroatoms. The summed E-state index contributed by atoms with van der Waals surface area (Å²) < 4.78 is 0. The summed E-state index contributed by atoms with van der Waals surface area (Å²) in [6, 6.07) is 8.01. The normalized spacial score (nSPS) is 15.0. The van der Waals surface area contributed by atoms with Gasteiger partial charge in [0.15, 0.2) is 0 Å². The molecule has 0 radical (unpaired) electrons. The molecule has 0 N–H and O–H groups in total. The van der Waals surface area contributed by atoms with Gasteiger partial charge in [-0.1, -0.05) is 23.7 Å².